The van der Waals surface area contributed by atoms with E-state index in [4.69, 9.17) is 0 Å². The maximum Gasteiger partial charge on any atom is 0.254 e. The van der Waals surface area contributed by atoms with E-state index in [1.165, 1.54) is 25.9 Å². The molecule has 0 radical (unpaired) electrons. The summed E-state index contributed by atoms with van der Waals surface area (Å²) in [6.45, 7) is 4.20. The lowest BCUT2D eigenvalue weighted by Gasteiger charge is -2.23. The predicted molar refractivity (Wildman–Crippen MR) is 69.4 cm³/mol. The van der Waals surface area contributed by atoms with Crippen molar-refractivity contribution in [2.75, 3.05) is 26.2 Å². The molecule has 3 rings (SSSR count). The normalized spacial score (nSPS) is 24.7. The zero-order valence-corrected chi connectivity index (χ0v) is 10.6. The lowest BCUT2D eigenvalue weighted by atomic mass is 10.2. The van der Waals surface area contributed by atoms with Crippen molar-refractivity contribution in [3.05, 3.63) is 30.1 Å². The number of pyridine rings is 1. The summed E-state index contributed by atoms with van der Waals surface area (Å²) in [4.78, 5) is 20.8. The molecule has 0 aromatic carbocycles. The fourth-order valence-corrected chi connectivity index (χ4v) is 3.01. The van der Waals surface area contributed by atoms with Gasteiger partial charge in [-0.25, -0.2) is 0 Å². The lowest BCUT2D eigenvalue weighted by Crippen LogP contribution is -2.37. The van der Waals surface area contributed by atoms with Gasteiger partial charge in [0.15, 0.2) is 0 Å². The maximum atomic E-state index is 12.3. The monoisotopic (exact) mass is 245 g/mol. The van der Waals surface area contributed by atoms with Crippen LogP contribution in [-0.4, -0.2) is 52.9 Å². The number of rotatable bonds is 2. The highest BCUT2D eigenvalue weighted by Gasteiger charge is 2.31. The van der Waals surface area contributed by atoms with E-state index in [1.54, 1.807) is 24.5 Å². The molecule has 0 bridgehead atoms. The van der Waals surface area contributed by atoms with Gasteiger partial charge in [-0.15, -0.1) is 0 Å². The largest absolute Gasteiger partial charge is 0.337 e. The van der Waals surface area contributed by atoms with E-state index in [0.29, 0.717) is 6.04 Å². The van der Waals surface area contributed by atoms with Gasteiger partial charge in [-0.2, -0.15) is 0 Å². The fourth-order valence-electron chi connectivity index (χ4n) is 3.01. The molecule has 0 N–H and O–H groups in total. The minimum atomic E-state index is 0.152. The Labute approximate surface area is 108 Å². The van der Waals surface area contributed by atoms with E-state index in [-0.39, 0.29) is 5.91 Å². The summed E-state index contributed by atoms with van der Waals surface area (Å²) in [6, 6.07) is 4.18. The first-order valence-electron chi connectivity index (χ1n) is 6.78. The Morgan fingerprint density at radius 2 is 1.89 bits per heavy atom. The van der Waals surface area contributed by atoms with Crippen molar-refractivity contribution in [3.8, 4) is 0 Å². The summed E-state index contributed by atoms with van der Waals surface area (Å²) in [6.07, 6.45) is 7.11. The van der Waals surface area contributed by atoms with E-state index >= 15 is 0 Å². The smallest absolute Gasteiger partial charge is 0.254 e. The molecule has 1 aromatic rings. The molecule has 96 valence electrons. The molecule has 3 heterocycles. The first-order chi connectivity index (χ1) is 8.84. The third-order valence-electron chi connectivity index (χ3n) is 4.03. The molecule has 1 amide bonds. The number of hydrogen-bond donors (Lipinski definition) is 0. The first kappa shape index (κ1) is 11.7. The van der Waals surface area contributed by atoms with Gasteiger partial charge in [0, 0.05) is 37.1 Å². The Balaban J connectivity index is 1.63. The molecule has 0 spiro atoms. The van der Waals surface area contributed by atoms with Crippen LogP contribution in [0.1, 0.15) is 29.6 Å². The molecule has 1 atom stereocenters. The van der Waals surface area contributed by atoms with E-state index in [1.807, 2.05) is 4.90 Å². The van der Waals surface area contributed by atoms with Crippen LogP contribution in [0.15, 0.2) is 24.5 Å². The topological polar surface area (TPSA) is 36.4 Å². The summed E-state index contributed by atoms with van der Waals surface area (Å²) in [5, 5.41) is 0. The summed E-state index contributed by atoms with van der Waals surface area (Å²) in [5.74, 6) is 0.152. The van der Waals surface area contributed by atoms with Gasteiger partial charge in [0.05, 0.1) is 0 Å². The van der Waals surface area contributed by atoms with Crippen LogP contribution >= 0.6 is 0 Å². The Bertz CT molecular complexity index is 414. The molecular formula is C14H19N3O. The summed E-state index contributed by atoms with van der Waals surface area (Å²) in [7, 11) is 0. The minimum Gasteiger partial charge on any atom is -0.337 e. The third-order valence-corrected chi connectivity index (χ3v) is 4.03. The van der Waals surface area contributed by atoms with Gasteiger partial charge in [-0.05, 0) is 44.5 Å². The zero-order valence-electron chi connectivity index (χ0n) is 10.6. The van der Waals surface area contributed by atoms with Crippen molar-refractivity contribution in [2.24, 2.45) is 0 Å². The van der Waals surface area contributed by atoms with Crippen molar-refractivity contribution < 1.29 is 4.79 Å². The third kappa shape index (κ3) is 2.25. The molecule has 0 aliphatic carbocycles. The molecule has 2 saturated heterocycles. The van der Waals surface area contributed by atoms with Crippen molar-refractivity contribution in [2.45, 2.75) is 25.3 Å². The lowest BCUT2D eigenvalue weighted by molar-refractivity contribution is 0.0780. The van der Waals surface area contributed by atoms with Crippen molar-refractivity contribution >= 4 is 5.91 Å². The molecule has 0 unspecified atom stereocenters. The van der Waals surface area contributed by atoms with E-state index < -0.39 is 0 Å². The molecule has 4 nitrogen and oxygen atoms in total. The number of nitrogens with zero attached hydrogens (tertiary/aromatic N) is 3. The van der Waals surface area contributed by atoms with Crippen LogP contribution in [0.3, 0.4) is 0 Å². The SMILES string of the molecule is O=C(c1ccncc1)N1CC[C@H](N2CCCC2)C1. The second kappa shape index (κ2) is 5.06. The van der Waals surface area contributed by atoms with Crippen LogP contribution in [-0.2, 0) is 0 Å². The van der Waals surface area contributed by atoms with Gasteiger partial charge in [0.25, 0.3) is 5.91 Å². The number of likely N-dealkylation sites (tertiary alicyclic amines) is 2. The maximum absolute atomic E-state index is 12.3. The van der Waals surface area contributed by atoms with Crippen LogP contribution in [0, 0.1) is 0 Å². The van der Waals surface area contributed by atoms with E-state index in [9.17, 15) is 4.79 Å². The first-order valence-corrected chi connectivity index (χ1v) is 6.78. The Kier molecular flexibility index (Phi) is 3.28. The van der Waals surface area contributed by atoms with Gasteiger partial charge >= 0.3 is 0 Å². The van der Waals surface area contributed by atoms with Gasteiger partial charge < -0.3 is 4.90 Å². The zero-order chi connectivity index (χ0) is 12.4. The molecule has 0 saturated carbocycles. The average Bonchev–Trinajstić information content (AvgIpc) is 3.09. The standard InChI is InChI=1S/C14H19N3O/c18-14(12-3-6-15-7-4-12)17-10-5-13(11-17)16-8-1-2-9-16/h3-4,6-7,13H,1-2,5,8-11H2/t13-/m0/s1. The predicted octanol–water partition coefficient (Wildman–Crippen LogP) is 1.39. The number of carbonyl (C=O) groups is 1. The second-order valence-electron chi connectivity index (χ2n) is 5.17. The molecule has 2 fully saturated rings. The van der Waals surface area contributed by atoms with E-state index in [0.717, 1.165) is 25.1 Å². The molecule has 1 aromatic heterocycles. The fraction of sp³-hybridized carbons (Fsp3) is 0.571. The van der Waals surface area contributed by atoms with Crippen LogP contribution in [0.2, 0.25) is 0 Å². The van der Waals surface area contributed by atoms with Crippen LogP contribution < -0.4 is 0 Å². The summed E-state index contributed by atoms with van der Waals surface area (Å²) < 4.78 is 0. The van der Waals surface area contributed by atoms with Crippen molar-refractivity contribution in [1.82, 2.24) is 14.8 Å². The number of amides is 1. The highest BCUT2D eigenvalue weighted by molar-refractivity contribution is 5.94. The summed E-state index contributed by atoms with van der Waals surface area (Å²) in [5.41, 5.74) is 0.757. The van der Waals surface area contributed by atoms with Crippen LogP contribution in [0.25, 0.3) is 0 Å². The highest BCUT2D eigenvalue weighted by Crippen LogP contribution is 2.21. The number of carbonyl (C=O) groups excluding carboxylic acids is 1. The van der Waals surface area contributed by atoms with Gasteiger partial charge in [0.1, 0.15) is 0 Å². The second-order valence-corrected chi connectivity index (χ2v) is 5.17. The number of aromatic nitrogens is 1. The Morgan fingerprint density at radius 3 is 2.61 bits per heavy atom. The highest BCUT2D eigenvalue weighted by atomic mass is 16.2. The number of hydrogen-bond acceptors (Lipinski definition) is 3. The Morgan fingerprint density at radius 1 is 1.17 bits per heavy atom. The van der Waals surface area contributed by atoms with Crippen LogP contribution in [0.5, 0.6) is 0 Å². The van der Waals surface area contributed by atoms with Crippen molar-refractivity contribution in [3.63, 3.8) is 0 Å². The molecule has 2 aliphatic rings. The van der Waals surface area contributed by atoms with Crippen molar-refractivity contribution in [1.29, 1.82) is 0 Å². The average molecular weight is 245 g/mol. The Hall–Kier alpha value is -1.42. The molecule has 4 heteroatoms. The minimum absolute atomic E-state index is 0.152. The molecular weight excluding hydrogens is 226 g/mol. The van der Waals surface area contributed by atoms with Gasteiger partial charge in [-0.1, -0.05) is 0 Å². The van der Waals surface area contributed by atoms with E-state index in [2.05, 4.69) is 9.88 Å². The quantitative estimate of drug-likeness (QED) is 0.790. The van der Waals surface area contributed by atoms with Gasteiger partial charge in [0.2, 0.25) is 0 Å². The summed E-state index contributed by atoms with van der Waals surface area (Å²) >= 11 is 0. The molecule has 2 aliphatic heterocycles. The van der Waals surface area contributed by atoms with Gasteiger partial charge in [-0.3, -0.25) is 14.7 Å². The molecule has 18 heavy (non-hydrogen) atoms. The van der Waals surface area contributed by atoms with Crippen LogP contribution in [0.4, 0.5) is 0 Å².